The minimum Gasteiger partial charge on any atom is -0.390 e. The minimum absolute atomic E-state index is 0.00915. The molecule has 4 nitrogen and oxygen atoms in total. The summed E-state index contributed by atoms with van der Waals surface area (Å²) < 4.78 is 6.09. The average molecular weight is 338 g/mol. The monoisotopic (exact) mass is 338 g/mol. The van der Waals surface area contributed by atoms with Gasteiger partial charge < -0.3 is 20.1 Å². The Balaban J connectivity index is 2.34. The molecule has 2 bridgehead atoms. The molecule has 1 fully saturated rings. The van der Waals surface area contributed by atoms with Gasteiger partial charge in [-0.05, 0) is 63.9 Å². The number of fused-ring (bicyclic) bond motifs is 3. The topological polar surface area (TPSA) is 69.9 Å². The number of aliphatic hydroxyl groups excluding tert-OH is 1. The fourth-order valence-corrected chi connectivity index (χ4v) is 3.44. The number of hydrogen-bond acceptors (Lipinski definition) is 4. The van der Waals surface area contributed by atoms with Gasteiger partial charge in [0.15, 0.2) is 0 Å². The second-order valence-corrected chi connectivity index (χ2v) is 8.39. The highest BCUT2D eigenvalue weighted by Crippen LogP contribution is 2.36. The summed E-state index contributed by atoms with van der Waals surface area (Å²) in [6, 6.07) is 0. The van der Waals surface area contributed by atoms with Crippen LogP contribution in [0.25, 0.3) is 0 Å². The Morgan fingerprint density at radius 2 is 1.83 bits per heavy atom. The van der Waals surface area contributed by atoms with Crippen molar-refractivity contribution in [3.63, 3.8) is 0 Å². The maximum Gasteiger partial charge on any atom is 0.0917 e. The van der Waals surface area contributed by atoms with Crippen LogP contribution in [0.15, 0.2) is 23.8 Å². The first kappa shape index (κ1) is 19.6. The third-order valence-electron chi connectivity index (χ3n) is 5.87. The lowest BCUT2D eigenvalue weighted by atomic mass is 9.79. The van der Waals surface area contributed by atoms with E-state index in [9.17, 15) is 15.3 Å². The first-order valence-corrected chi connectivity index (χ1v) is 9.21. The zero-order chi connectivity index (χ0) is 18.0. The fraction of sp³-hybridized carbons (Fsp3) is 0.800. The molecular formula is C20H34O4. The van der Waals surface area contributed by atoms with Crippen molar-refractivity contribution in [3.8, 4) is 0 Å². The van der Waals surface area contributed by atoms with Crippen molar-refractivity contribution < 1.29 is 20.1 Å². The van der Waals surface area contributed by atoms with Gasteiger partial charge in [-0.3, -0.25) is 0 Å². The van der Waals surface area contributed by atoms with Crippen LogP contribution in [0.2, 0.25) is 0 Å². The molecule has 0 amide bonds. The summed E-state index contributed by atoms with van der Waals surface area (Å²) in [7, 11) is 0. The van der Waals surface area contributed by atoms with Crippen molar-refractivity contribution >= 4 is 0 Å². The highest BCUT2D eigenvalue weighted by Gasteiger charge is 2.40. The van der Waals surface area contributed by atoms with Gasteiger partial charge in [0.05, 0.1) is 29.5 Å². The number of hydrogen-bond donors (Lipinski definition) is 3. The van der Waals surface area contributed by atoms with Crippen molar-refractivity contribution in [2.75, 3.05) is 6.61 Å². The normalized spacial score (nSPS) is 42.0. The van der Waals surface area contributed by atoms with Crippen LogP contribution >= 0.6 is 0 Å². The lowest BCUT2D eigenvalue weighted by molar-refractivity contribution is -0.114. The molecule has 0 aromatic carbocycles. The molecule has 2 aliphatic rings. The molecule has 0 radical (unpaired) electrons. The molecule has 4 atom stereocenters. The lowest BCUT2D eigenvalue weighted by Crippen LogP contribution is -2.44. The zero-order valence-corrected chi connectivity index (χ0v) is 15.6. The van der Waals surface area contributed by atoms with Crippen LogP contribution in [-0.2, 0) is 4.74 Å². The molecular weight excluding hydrogens is 304 g/mol. The van der Waals surface area contributed by atoms with Crippen molar-refractivity contribution in [2.45, 2.75) is 89.1 Å². The van der Waals surface area contributed by atoms with Gasteiger partial charge in [0.1, 0.15) is 0 Å². The van der Waals surface area contributed by atoms with Crippen LogP contribution in [0.4, 0.5) is 0 Å². The van der Waals surface area contributed by atoms with Crippen molar-refractivity contribution in [1.29, 1.82) is 0 Å². The molecule has 4 heteroatoms. The third-order valence-corrected chi connectivity index (χ3v) is 5.87. The van der Waals surface area contributed by atoms with E-state index in [1.807, 2.05) is 20.8 Å². The van der Waals surface area contributed by atoms with E-state index in [1.54, 1.807) is 19.1 Å². The zero-order valence-electron chi connectivity index (χ0n) is 15.6. The molecule has 0 spiro atoms. The molecule has 3 N–H and O–H groups in total. The predicted molar refractivity (Wildman–Crippen MR) is 95.7 cm³/mol. The smallest absolute Gasteiger partial charge is 0.0917 e. The van der Waals surface area contributed by atoms with Gasteiger partial charge >= 0.3 is 0 Å². The van der Waals surface area contributed by atoms with Gasteiger partial charge in [-0.25, -0.2) is 0 Å². The van der Waals surface area contributed by atoms with Gasteiger partial charge in [0.25, 0.3) is 0 Å². The van der Waals surface area contributed by atoms with Gasteiger partial charge in [0, 0.05) is 0 Å². The molecule has 2 rings (SSSR count). The summed E-state index contributed by atoms with van der Waals surface area (Å²) in [6.07, 6.45) is 8.99. The van der Waals surface area contributed by atoms with E-state index in [4.69, 9.17) is 4.74 Å². The molecule has 0 aliphatic carbocycles. The predicted octanol–water partition coefficient (Wildman–Crippen LogP) is 3.11. The second-order valence-electron chi connectivity index (χ2n) is 8.39. The van der Waals surface area contributed by atoms with E-state index in [1.165, 1.54) is 5.57 Å². The van der Waals surface area contributed by atoms with Crippen molar-refractivity contribution in [2.24, 2.45) is 5.92 Å². The Morgan fingerprint density at radius 1 is 1.12 bits per heavy atom. The Kier molecular flexibility index (Phi) is 5.96. The van der Waals surface area contributed by atoms with Gasteiger partial charge in [0.2, 0.25) is 0 Å². The van der Waals surface area contributed by atoms with Crippen molar-refractivity contribution in [3.05, 3.63) is 23.8 Å². The first-order valence-electron chi connectivity index (χ1n) is 9.21. The number of aliphatic hydroxyl groups is 3. The number of ether oxygens (including phenoxy) is 1. The van der Waals surface area contributed by atoms with E-state index >= 15 is 0 Å². The van der Waals surface area contributed by atoms with Crippen LogP contribution in [0.1, 0.15) is 66.2 Å². The molecule has 24 heavy (non-hydrogen) atoms. The van der Waals surface area contributed by atoms with Crippen LogP contribution in [0, 0.1) is 5.92 Å². The van der Waals surface area contributed by atoms with E-state index in [0.717, 1.165) is 12.8 Å². The highest BCUT2D eigenvalue weighted by atomic mass is 16.5. The Hall–Kier alpha value is -0.680. The highest BCUT2D eigenvalue weighted by molar-refractivity contribution is 5.13. The summed E-state index contributed by atoms with van der Waals surface area (Å²) >= 11 is 0. The maximum absolute atomic E-state index is 11.1. The van der Waals surface area contributed by atoms with Gasteiger partial charge in [-0.15, -0.1) is 0 Å². The molecule has 2 heterocycles. The summed E-state index contributed by atoms with van der Waals surface area (Å²) in [5, 5.41) is 32.2. The minimum atomic E-state index is -1.02. The summed E-state index contributed by atoms with van der Waals surface area (Å²) in [4.78, 5) is 0. The average Bonchev–Trinajstić information content (AvgIpc) is 2.64. The fourth-order valence-electron chi connectivity index (χ4n) is 3.44. The largest absolute Gasteiger partial charge is 0.390 e. The van der Waals surface area contributed by atoms with Crippen LogP contribution in [0.5, 0.6) is 0 Å². The lowest BCUT2D eigenvalue weighted by Gasteiger charge is -2.37. The number of allylic oxidation sites excluding steroid dienone is 1. The quantitative estimate of drug-likeness (QED) is 0.643. The summed E-state index contributed by atoms with van der Waals surface area (Å²) in [5.41, 5.74) is -1.42. The van der Waals surface area contributed by atoms with E-state index < -0.39 is 22.9 Å². The number of rotatable bonds is 1. The molecule has 0 saturated carbocycles. The van der Waals surface area contributed by atoms with Crippen LogP contribution in [0.3, 0.4) is 0 Å². The van der Waals surface area contributed by atoms with E-state index in [-0.39, 0.29) is 5.92 Å². The third kappa shape index (κ3) is 4.69. The summed E-state index contributed by atoms with van der Waals surface area (Å²) in [5.74, 6) is 0.00915. The van der Waals surface area contributed by atoms with Gasteiger partial charge in [-0.1, -0.05) is 32.1 Å². The molecule has 138 valence electrons. The first-order chi connectivity index (χ1) is 11.1. The molecule has 2 aliphatic heterocycles. The Bertz CT molecular complexity index is 494. The SMILES string of the molecule is CC(C)C1(O)C=CC(C)(O)CCC=C2CCC(O)C(C)(CC1)OC2. The Labute approximate surface area is 146 Å². The van der Waals surface area contributed by atoms with E-state index in [0.29, 0.717) is 32.3 Å². The summed E-state index contributed by atoms with van der Waals surface area (Å²) in [6.45, 7) is 8.20. The Morgan fingerprint density at radius 3 is 2.50 bits per heavy atom. The second kappa shape index (κ2) is 7.28. The molecule has 0 aromatic heterocycles. The van der Waals surface area contributed by atoms with E-state index in [2.05, 4.69) is 6.08 Å². The molecule has 4 unspecified atom stereocenters. The standard InChI is InChI=1S/C20H34O4/c1-15(2)20(23)12-10-18(3,22)9-5-6-16-7-8-17(21)19(4,11-13-20)24-14-16/h6,10,12,15,17,21-23H,5,7-9,11,13-14H2,1-4H3. The van der Waals surface area contributed by atoms with Gasteiger partial charge in [-0.2, -0.15) is 0 Å². The maximum atomic E-state index is 11.1. The van der Waals surface area contributed by atoms with Crippen molar-refractivity contribution in [1.82, 2.24) is 0 Å². The molecule has 1 saturated heterocycles. The van der Waals surface area contributed by atoms with Crippen LogP contribution < -0.4 is 0 Å². The molecule has 0 aromatic rings. The van der Waals surface area contributed by atoms with Crippen LogP contribution in [-0.4, -0.2) is 44.8 Å².